The number of nitrogens with two attached hydrogens (primary N) is 1. The summed E-state index contributed by atoms with van der Waals surface area (Å²) in [6, 6.07) is 0.470. The van der Waals surface area contributed by atoms with Crippen LogP contribution in [0.4, 0.5) is 0 Å². The summed E-state index contributed by atoms with van der Waals surface area (Å²) in [6.45, 7) is 4.59. The fourth-order valence-electron chi connectivity index (χ4n) is 4.82. The molecule has 0 aromatic carbocycles. The van der Waals surface area contributed by atoms with Crippen molar-refractivity contribution in [3.63, 3.8) is 0 Å². The van der Waals surface area contributed by atoms with Gasteiger partial charge in [-0.3, -0.25) is 0 Å². The maximum absolute atomic E-state index is 6.27. The predicted molar refractivity (Wildman–Crippen MR) is 144 cm³/mol. The molecule has 0 aromatic rings. The molecule has 0 aromatic heterocycles. The van der Waals surface area contributed by atoms with Crippen LogP contribution in [0.1, 0.15) is 187 Å². The molecule has 0 radical (unpaired) electrons. The van der Waals surface area contributed by atoms with Crippen LogP contribution in [-0.2, 0) is 0 Å². The predicted octanol–water partition coefficient (Wildman–Crippen LogP) is 10.9. The Kier molecular flexibility index (Phi) is 28.0. The average Bonchev–Trinajstić information content (AvgIpc) is 2.77. The van der Waals surface area contributed by atoms with Gasteiger partial charge in [0, 0.05) is 6.04 Å². The van der Waals surface area contributed by atoms with Gasteiger partial charge in [0.25, 0.3) is 0 Å². The zero-order chi connectivity index (χ0) is 22.7. The molecule has 0 aliphatic heterocycles. The van der Waals surface area contributed by atoms with Crippen LogP contribution in [-0.4, -0.2) is 6.04 Å². The molecule has 0 bridgehead atoms. The van der Waals surface area contributed by atoms with Gasteiger partial charge in [-0.2, -0.15) is 0 Å². The highest BCUT2D eigenvalue weighted by Crippen LogP contribution is 2.16. The van der Waals surface area contributed by atoms with Crippen molar-refractivity contribution in [3.05, 3.63) is 0 Å². The third-order valence-corrected chi connectivity index (χ3v) is 7.11. The molecule has 0 aliphatic carbocycles. The van der Waals surface area contributed by atoms with Crippen molar-refractivity contribution in [2.45, 2.75) is 193 Å². The quantitative estimate of drug-likeness (QED) is 0.127. The Morgan fingerprint density at radius 3 is 0.742 bits per heavy atom. The highest BCUT2D eigenvalue weighted by Gasteiger charge is 2.02. The van der Waals surface area contributed by atoms with E-state index in [1.807, 2.05) is 0 Å². The van der Waals surface area contributed by atoms with Gasteiger partial charge in [-0.25, -0.2) is 0 Å². The first kappa shape index (κ1) is 31.0. The third kappa shape index (κ3) is 27.9. The minimum atomic E-state index is 0.470. The van der Waals surface area contributed by atoms with E-state index in [-0.39, 0.29) is 0 Å². The van der Waals surface area contributed by atoms with Crippen LogP contribution in [0.5, 0.6) is 0 Å². The number of hydrogen-bond acceptors (Lipinski definition) is 1. The molecule has 1 unspecified atom stereocenters. The topological polar surface area (TPSA) is 26.0 Å². The summed E-state index contributed by atoms with van der Waals surface area (Å²) in [5.74, 6) is 0. The second-order valence-electron chi connectivity index (χ2n) is 10.5. The van der Waals surface area contributed by atoms with Crippen molar-refractivity contribution in [1.29, 1.82) is 0 Å². The molecule has 1 nitrogen and oxygen atoms in total. The lowest BCUT2D eigenvalue weighted by atomic mass is 10.0. The van der Waals surface area contributed by atoms with Crippen molar-refractivity contribution >= 4 is 0 Å². The van der Waals surface area contributed by atoms with Gasteiger partial charge in [0.2, 0.25) is 0 Å². The van der Waals surface area contributed by atoms with E-state index < -0.39 is 0 Å². The molecule has 0 aliphatic rings. The Balaban J connectivity index is 3.07. The fraction of sp³-hybridized carbons (Fsp3) is 1.00. The first-order valence-corrected chi connectivity index (χ1v) is 15.1. The SMILES string of the molecule is CCCCCCCCCCCCCCCCCCCCCCC(N)CCCCCCC. The monoisotopic (exact) mass is 437 g/mol. The van der Waals surface area contributed by atoms with Gasteiger partial charge in [0.1, 0.15) is 0 Å². The van der Waals surface area contributed by atoms with Crippen LogP contribution >= 0.6 is 0 Å². The van der Waals surface area contributed by atoms with Crippen LogP contribution in [0.3, 0.4) is 0 Å². The summed E-state index contributed by atoms with van der Waals surface area (Å²) in [4.78, 5) is 0. The van der Waals surface area contributed by atoms with Crippen LogP contribution < -0.4 is 5.73 Å². The second kappa shape index (κ2) is 28.0. The van der Waals surface area contributed by atoms with Crippen molar-refractivity contribution in [1.82, 2.24) is 0 Å². The van der Waals surface area contributed by atoms with Gasteiger partial charge in [0.15, 0.2) is 0 Å². The molecule has 0 saturated carbocycles. The van der Waals surface area contributed by atoms with Gasteiger partial charge in [-0.15, -0.1) is 0 Å². The zero-order valence-electron chi connectivity index (χ0n) is 22.2. The lowest BCUT2D eigenvalue weighted by Gasteiger charge is -2.11. The van der Waals surface area contributed by atoms with Gasteiger partial charge in [0.05, 0.1) is 0 Å². The third-order valence-electron chi connectivity index (χ3n) is 7.11. The standard InChI is InChI=1S/C30H63N/c1-3-5-7-9-10-11-12-13-14-15-16-17-18-19-20-21-22-23-25-27-29-30(31)28-26-24-8-6-4-2/h30H,3-29,31H2,1-2H3. The fourth-order valence-corrected chi connectivity index (χ4v) is 4.82. The molecule has 0 heterocycles. The Morgan fingerprint density at radius 2 is 0.516 bits per heavy atom. The lowest BCUT2D eigenvalue weighted by Crippen LogP contribution is -2.19. The van der Waals surface area contributed by atoms with Crippen LogP contribution in [0.15, 0.2) is 0 Å². The van der Waals surface area contributed by atoms with Crippen LogP contribution in [0.2, 0.25) is 0 Å². The van der Waals surface area contributed by atoms with E-state index in [9.17, 15) is 0 Å². The summed E-state index contributed by atoms with van der Waals surface area (Å²) in [6.07, 6.45) is 38.5. The Labute approximate surface area is 199 Å². The second-order valence-corrected chi connectivity index (χ2v) is 10.5. The summed E-state index contributed by atoms with van der Waals surface area (Å²) in [7, 11) is 0. The summed E-state index contributed by atoms with van der Waals surface area (Å²) < 4.78 is 0. The Morgan fingerprint density at radius 1 is 0.323 bits per heavy atom. The normalized spacial score (nSPS) is 12.5. The summed E-state index contributed by atoms with van der Waals surface area (Å²) in [5, 5.41) is 0. The Hall–Kier alpha value is -0.0400. The van der Waals surface area contributed by atoms with E-state index in [0.29, 0.717) is 6.04 Å². The van der Waals surface area contributed by atoms with E-state index in [0.717, 1.165) is 0 Å². The number of rotatable bonds is 27. The molecule has 1 heteroatoms. The first-order valence-electron chi connectivity index (χ1n) is 15.1. The highest BCUT2D eigenvalue weighted by atomic mass is 14.6. The molecule has 0 spiro atoms. The van der Waals surface area contributed by atoms with Gasteiger partial charge in [-0.1, -0.05) is 174 Å². The minimum absolute atomic E-state index is 0.470. The summed E-state index contributed by atoms with van der Waals surface area (Å²) in [5.41, 5.74) is 6.27. The van der Waals surface area contributed by atoms with Crippen molar-refractivity contribution in [2.75, 3.05) is 0 Å². The molecule has 0 amide bonds. The summed E-state index contributed by atoms with van der Waals surface area (Å²) >= 11 is 0. The smallest absolute Gasteiger partial charge is 0.00388 e. The molecule has 2 N–H and O–H groups in total. The molecule has 0 fully saturated rings. The van der Waals surface area contributed by atoms with Gasteiger partial charge < -0.3 is 5.73 Å². The molecule has 31 heavy (non-hydrogen) atoms. The molecule has 0 rings (SSSR count). The van der Waals surface area contributed by atoms with E-state index in [1.54, 1.807) is 0 Å². The van der Waals surface area contributed by atoms with E-state index >= 15 is 0 Å². The van der Waals surface area contributed by atoms with Crippen molar-refractivity contribution in [3.8, 4) is 0 Å². The number of hydrogen-bond donors (Lipinski definition) is 1. The first-order chi connectivity index (χ1) is 15.3. The van der Waals surface area contributed by atoms with Crippen LogP contribution in [0, 0.1) is 0 Å². The molecule has 1 atom stereocenters. The van der Waals surface area contributed by atoms with Gasteiger partial charge >= 0.3 is 0 Å². The Bertz CT molecular complexity index is 301. The highest BCUT2D eigenvalue weighted by molar-refractivity contribution is 4.62. The molecular weight excluding hydrogens is 374 g/mol. The molecular formula is C30H63N. The van der Waals surface area contributed by atoms with E-state index in [4.69, 9.17) is 5.73 Å². The molecule has 0 saturated heterocycles. The van der Waals surface area contributed by atoms with Gasteiger partial charge in [-0.05, 0) is 12.8 Å². The minimum Gasteiger partial charge on any atom is -0.328 e. The number of unbranched alkanes of at least 4 members (excludes halogenated alkanes) is 23. The lowest BCUT2D eigenvalue weighted by molar-refractivity contribution is 0.481. The maximum Gasteiger partial charge on any atom is 0.00388 e. The molecule has 188 valence electrons. The van der Waals surface area contributed by atoms with E-state index in [1.165, 1.54) is 173 Å². The maximum atomic E-state index is 6.27. The van der Waals surface area contributed by atoms with Crippen molar-refractivity contribution in [2.24, 2.45) is 5.73 Å². The largest absolute Gasteiger partial charge is 0.328 e. The average molecular weight is 438 g/mol. The van der Waals surface area contributed by atoms with Crippen molar-refractivity contribution < 1.29 is 0 Å². The van der Waals surface area contributed by atoms with Crippen LogP contribution in [0.25, 0.3) is 0 Å². The zero-order valence-corrected chi connectivity index (χ0v) is 22.2. The van der Waals surface area contributed by atoms with E-state index in [2.05, 4.69) is 13.8 Å².